The molecule has 166 valence electrons. The number of carbonyl (C=O) groups excluding carboxylic acids is 1. The van der Waals surface area contributed by atoms with Crippen molar-refractivity contribution in [1.29, 1.82) is 0 Å². The molecule has 1 fully saturated rings. The minimum absolute atomic E-state index is 0.148. The zero-order chi connectivity index (χ0) is 21.1. The van der Waals surface area contributed by atoms with Crippen LogP contribution in [0, 0.1) is 0 Å². The van der Waals surface area contributed by atoms with Crippen LogP contribution >= 0.6 is 0 Å². The molecule has 0 bridgehead atoms. The molecular formula is C19H37NO8. The number of amides is 1. The number of rotatable bonds is 13. The van der Waals surface area contributed by atoms with Crippen LogP contribution in [-0.4, -0.2) is 87.5 Å². The van der Waals surface area contributed by atoms with E-state index in [1.54, 1.807) is 6.92 Å². The van der Waals surface area contributed by atoms with Crippen molar-refractivity contribution < 1.29 is 39.8 Å². The van der Waals surface area contributed by atoms with E-state index in [0.29, 0.717) is 6.42 Å². The van der Waals surface area contributed by atoms with Crippen LogP contribution in [0.5, 0.6) is 0 Å². The molecule has 0 saturated carbocycles. The van der Waals surface area contributed by atoms with E-state index in [-0.39, 0.29) is 18.9 Å². The van der Waals surface area contributed by atoms with Crippen LogP contribution < -0.4 is 5.32 Å². The predicted octanol–water partition coefficient (Wildman–Crippen LogP) is -0.581. The number of aliphatic hydroxyl groups excluding tert-OH is 5. The van der Waals surface area contributed by atoms with E-state index in [1.165, 1.54) is 0 Å². The maximum atomic E-state index is 11.8. The lowest BCUT2D eigenvalue weighted by Crippen LogP contribution is -2.60. The average Bonchev–Trinajstić information content (AvgIpc) is 2.69. The molecule has 1 saturated heterocycles. The summed E-state index contributed by atoms with van der Waals surface area (Å²) in [6.45, 7) is 3.12. The highest BCUT2D eigenvalue weighted by molar-refractivity contribution is 5.75. The third-order valence-corrected chi connectivity index (χ3v) is 5.02. The van der Waals surface area contributed by atoms with Crippen LogP contribution in [0.3, 0.4) is 0 Å². The minimum Gasteiger partial charge on any atom is -0.394 e. The summed E-state index contributed by atoms with van der Waals surface area (Å²) in [6.07, 6.45) is -1.80. The van der Waals surface area contributed by atoms with E-state index in [0.717, 1.165) is 32.1 Å². The van der Waals surface area contributed by atoms with Crippen LogP contribution in [-0.2, 0) is 14.3 Å². The van der Waals surface area contributed by atoms with Crippen LogP contribution in [0.25, 0.3) is 0 Å². The first-order valence-electron chi connectivity index (χ1n) is 10.2. The number of aliphatic hydroxyl groups is 5. The molecule has 1 aliphatic rings. The fraction of sp³-hybridized carbons (Fsp3) is 0.947. The number of hydrogen-bond acceptors (Lipinski definition) is 8. The Morgan fingerprint density at radius 2 is 1.75 bits per heavy atom. The number of carbonyl (C=O) groups is 1. The SMILES string of the molecule is CCCCCCCC(O)C(COC1OC(CO)C(O)C(O)C1O)NC(=O)CC. The number of ether oxygens (including phenoxy) is 2. The smallest absolute Gasteiger partial charge is 0.220 e. The van der Waals surface area contributed by atoms with Gasteiger partial charge < -0.3 is 40.3 Å². The van der Waals surface area contributed by atoms with E-state index in [1.807, 2.05) is 0 Å². The molecule has 0 aromatic carbocycles. The van der Waals surface area contributed by atoms with E-state index in [9.17, 15) is 30.3 Å². The van der Waals surface area contributed by atoms with Crippen molar-refractivity contribution in [1.82, 2.24) is 5.32 Å². The fourth-order valence-corrected chi connectivity index (χ4v) is 3.12. The van der Waals surface area contributed by atoms with Crippen LogP contribution in [0.2, 0.25) is 0 Å². The molecule has 1 heterocycles. The van der Waals surface area contributed by atoms with Gasteiger partial charge in [0, 0.05) is 6.42 Å². The van der Waals surface area contributed by atoms with Crippen LogP contribution in [0.15, 0.2) is 0 Å². The van der Waals surface area contributed by atoms with Gasteiger partial charge >= 0.3 is 0 Å². The second-order valence-electron chi connectivity index (χ2n) is 7.33. The summed E-state index contributed by atoms with van der Waals surface area (Å²) in [5, 5.41) is 52.1. The molecule has 1 rings (SSSR count). The van der Waals surface area contributed by atoms with E-state index >= 15 is 0 Å². The number of nitrogens with one attached hydrogen (secondary N) is 1. The van der Waals surface area contributed by atoms with Gasteiger partial charge in [0.25, 0.3) is 0 Å². The van der Waals surface area contributed by atoms with Crippen molar-refractivity contribution in [2.45, 2.75) is 102 Å². The summed E-state index contributed by atoms with van der Waals surface area (Å²) in [4.78, 5) is 11.8. The Kier molecular flexibility index (Phi) is 12.1. The highest BCUT2D eigenvalue weighted by Crippen LogP contribution is 2.22. The van der Waals surface area contributed by atoms with Crippen molar-refractivity contribution >= 4 is 5.91 Å². The lowest BCUT2D eigenvalue weighted by molar-refractivity contribution is -0.302. The maximum Gasteiger partial charge on any atom is 0.220 e. The zero-order valence-electron chi connectivity index (χ0n) is 16.9. The van der Waals surface area contributed by atoms with Crippen LogP contribution in [0.1, 0.15) is 58.8 Å². The van der Waals surface area contributed by atoms with Crippen molar-refractivity contribution in [2.75, 3.05) is 13.2 Å². The topological polar surface area (TPSA) is 149 Å². The first-order chi connectivity index (χ1) is 13.3. The van der Waals surface area contributed by atoms with Gasteiger partial charge in [-0.1, -0.05) is 46.0 Å². The Hall–Kier alpha value is -0.810. The van der Waals surface area contributed by atoms with Gasteiger partial charge in [-0.2, -0.15) is 0 Å². The van der Waals surface area contributed by atoms with Crippen molar-refractivity contribution in [3.05, 3.63) is 0 Å². The molecule has 0 spiro atoms. The molecule has 6 N–H and O–H groups in total. The summed E-state index contributed by atoms with van der Waals surface area (Å²) in [7, 11) is 0. The number of hydrogen-bond donors (Lipinski definition) is 6. The van der Waals surface area contributed by atoms with Gasteiger partial charge in [-0.15, -0.1) is 0 Å². The fourth-order valence-electron chi connectivity index (χ4n) is 3.12. The van der Waals surface area contributed by atoms with E-state index < -0.39 is 49.5 Å². The Morgan fingerprint density at radius 3 is 2.36 bits per heavy atom. The molecule has 0 aromatic rings. The third kappa shape index (κ3) is 7.90. The lowest BCUT2D eigenvalue weighted by atomic mass is 9.99. The lowest BCUT2D eigenvalue weighted by Gasteiger charge is -2.40. The van der Waals surface area contributed by atoms with E-state index in [4.69, 9.17) is 9.47 Å². The monoisotopic (exact) mass is 407 g/mol. The first kappa shape index (κ1) is 25.2. The maximum absolute atomic E-state index is 11.8. The minimum atomic E-state index is -1.54. The molecule has 7 atom stereocenters. The zero-order valence-corrected chi connectivity index (χ0v) is 16.9. The van der Waals surface area contributed by atoms with Gasteiger partial charge in [-0.3, -0.25) is 4.79 Å². The molecule has 0 aromatic heterocycles. The highest BCUT2D eigenvalue weighted by atomic mass is 16.7. The van der Waals surface area contributed by atoms with Gasteiger partial charge in [0.2, 0.25) is 5.91 Å². The second-order valence-corrected chi connectivity index (χ2v) is 7.33. The summed E-state index contributed by atoms with van der Waals surface area (Å²) in [6, 6.07) is -0.703. The highest BCUT2D eigenvalue weighted by Gasteiger charge is 2.44. The van der Waals surface area contributed by atoms with Crippen molar-refractivity contribution in [3.63, 3.8) is 0 Å². The van der Waals surface area contributed by atoms with Crippen LogP contribution in [0.4, 0.5) is 0 Å². The standard InChI is InChI=1S/C19H37NO8/c1-3-5-6-7-8-9-13(22)12(20-15(23)4-2)11-27-19-18(26)17(25)16(24)14(10-21)28-19/h12-14,16-19,21-22,24-26H,3-11H2,1-2H3,(H,20,23). The van der Waals surface area contributed by atoms with Crippen molar-refractivity contribution in [2.24, 2.45) is 0 Å². The first-order valence-corrected chi connectivity index (χ1v) is 10.2. The molecule has 9 nitrogen and oxygen atoms in total. The summed E-state index contributed by atoms with van der Waals surface area (Å²) in [5.41, 5.74) is 0. The Labute approximate surface area is 166 Å². The summed E-state index contributed by atoms with van der Waals surface area (Å²) < 4.78 is 10.8. The van der Waals surface area contributed by atoms with Gasteiger partial charge in [0.1, 0.15) is 24.4 Å². The molecule has 7 unspecified atom stereocenters. The molecule has 28 heavy (non-hydrogen) atoms. The van der Waals surface area contributed by atoms with Crippen molar-refractivity contribution in [3.8, 4) is 0 Å². The number of unbranched alkanes of at least 4 members (excludes halogenated alkanes) is 4. The molecule has 1 aliphatic heterocycles. The molecule has 0 radical (unpaired) electrons. The molecule has 0 aliphatic carbocycles. The Morgan fingerprint density at radius 1 is 1.07 bits per heavy atom. The quantitative estimate of drug-likeness (QED) is 0.222. The normalized spacial score (nSPS) is 30.0. The Balaban J connectivity index is 2.61. The summed E-state index contributed by atoms with van der Waals surface area (Å²) >= 11 is 0. The van der Waals surface area contributed by atoms with Gasteiger partial charge in [-0.05, 0) is 6.42 Å². The second kappa shape index (κ2) is 13.4. The molecule has 9 heteroatoms. The summed E-state index contributed by atoms with van der Waals surface area (Å²) in [5.74, 6) is -0.243. The van der Waals surface area contributed by atoms with Gasteiger partial charge in [-0.25, -0.2) is 0 Å². The molecular weight excluding hydrogens is 370 g/mol. The van der Waals surface area contributed by atoms with E-state index in [2.05, 4.69) is 12.2 Å². The predicted molar refractivity (Wildman–Crippen MR) is 101 cm³/mol. The van der Waals surface area contributed by atoms with Gasteiger partial charge in [0.15, 0.2) is 6.29 Å². The third-order valence-electron chi connectivity index (χ3n) is 5.02. The molecule has 1 amide bonds. The largest absolute Gasteiger partial charge is 0.394 e. The van der Waals surface area contributed by atoms with Gasteiger partial charge in [0.05, 0.1) is 25.4 Å². The average molecular weight is 408 g/mol. The Bertz CT molecular complexity index is 436.